The fraction of sp³-hybridized carbons (Fsp3) is 0.125. The van der Waals surface area contributed by atoms with Crippen molar-refractivity contribution in [3.05, 3.63) is 73.3 Å². The standard InChI is InChI=1S/C16H12N4O6/c1-9-2-5-13(14(6-9)20(25)26)17-8-18-15(21)11-4-3-10(19(23)24)7-12(11)16(18)22/h2-7,17H,8H2,1H3. The molecule has 0 unspecified atom stereocenters. The van der Waals surface area contributed by atoms with E-state index in [1.54, 1.807) is 13.0 Å². The number of non-ortho nitro benzene ring substituents is 1. The van der Waals surface area contributed by atoms with Gasteiger partial charge in [0.2, 0.25) is 0 Å². The van der Waals surface area contributed by atoms with Crippen molar-refractivity contribution < 1.29 is 19.4 Å². The average Bonchev–Trinajstić information content (AvgIpc) is 2.84. The molecule has 0 fully saturated rings. The molecule has 10 heteroatoms. The van der Waals surface area contributed by atoms with Crippen LogP contribution in [-0.4, -0.2) is 33.2 Å². The zero-order valence-corrected chi connectivity index (χ0v) is 13.5. The van der Waals surface area contributed by atoms with Crippen molar-refractivity contribution in [2.45, 2.75) is 6.92 Å². The van der Waals surface area contributed by atoms with Gasteiger partial charge in [0, 0.05) is 18.2 Å². The Balaban J connectivity index is 1.84. The monoisotopic (exact) mass is 356 g/mol. The molecule has 0 radical (unpaired) electrons. The van der Waals surface area contributed by atoms with Crippen molar-refractivity contribution in [3.63, 3.8) is 0 Å². The third kappa shape index (κ3) is 2.83. The van der Waals surface area contributed by atoms with Gasteiger partial charge in [0.1, 0.15) is 5.69 Å². The molecule has 1 heterocycles. The lowest BCUT2D eigenvalue weighted by molar-refractivity contribution is -0.384. The summed E-state index contributed by atoms with van der Waals surface area (Å²) < 4.78 is 0. The molecule has 0 atom stereocenters. The number of nitrogens with one attached hydrogen (secondary N) is 1. The normalized spacial score (nSPS) is 12.9. The first kappa shape index (κ1) is 17.0. The van der Waals surface area contributed by atoms with Gasteiger partial charge >= 0.3 is 0 Å². The molecule has 2 aromatic carbocycles. The van der Waals surface area contributed by atoms with Gasteiger partial charge in [0.15, 0.2) is 0 Å². The van der Waals surface area contributed by atoms with Crippen LogP contribution in [0.15, 0.2) is 36.4 Å². The molecule has 0 bridgehead atoms. The highest BCUT2D eigenvalue weighted by Crippen LogP contribution is 2.28. The minimum absolute atomic E-state index is 0.0563. The summed E-state index contributed by atoms with van der Waals surface area (Å²) in [5, 5.41) is 24.7. The molecule has 0 aliphatic carbocycles. The topological polar surface area (TPSA) is 136 Å². The van der Waals surface area contributed by atoms with Gasteiger partial charge < -0.3 is 5.32 Å². The van der Waals surface area contributed by atoms with Crippen LogP contribution in [0.25, 0.3) is 0 Å². The number of amides is 2. The number of hydrogen-bond acceptors (Lipinski definition) is 7. The first-order chi connectivity index (χ1) is 12.3. The summed E-state index contributed by atoms with van der Waals surface area (Å²) in [6.07, 6.45) is 0. The fourth-order valence-corrected chi connectivity index (χ4v) is 2.64. The maximum Gasteiger partial charge on any atom is 0.292 e. The Kier molecular flexibility index (Phi) is 4.08. The van der Waals surface area contributed by atoms with E-state index >= 15 is 0 Å². The number of nitro benzene ring substituents is 2. The van der Waals surface area contributed by atoms with Gasteiger partial charge in [-0.3, -0.25) is 34.7 Å². The van der Waals surface area contributed by atoms with Crippen LogP contribution in [0.5, 0.6) is 0 Å². The van der Waals surface area contributed by atoms with Crippen LogP contribution in [0.2, 0.25) is 0 Å². The van der Waals surface area contributed by atoms with E-state index in [1.165, 1.54) is 18.2 Å². The highest BCUT2D eigenvalue weighted by molar-refractivity contribution is 6.21. The van der Waals surface area contributed by atoms with E-state index in [0.29, 0.717) is 5.56 Å². The molecule has 0 saturated heterocycles. The van der Waals surface area contributed by atoms with E-state index in [2.05, 4.69) is 5.32 Å². The van der Waals surface area contributed by atoms with Crippen LogP contribution in [0.1, 0.15) is 26.3 Å². The number of imide groups is 1. The van der Waals surface area contributed by atoms with Gasteiger partial charge in [-0.25, -0.2) is 0 Å². The van der Waals surface area contributed by atoms with Crippen LogP contribution in [0, 0.1) is 27.2 Å². The average molecular weight is 356 g/mol. The van der Waals surface area contributed by atoms with Crippen LogP contribution < -0.4 is 5.32 Å². The second-order valence-electron chi connectivity index (χ2n) is 5.64. The Hall–Kier alpha value is -3.82. The number of hydrogen-bond donors (Lipinski definition) is 1. The predicted octanol–water partition coefficient (Wildman–Crippen LogP) is 2.48. The molecule has 2 amide bonds. The second kappa shape index (κ2) is 6.24. The van der Waals surface area contributed by atoms with E-state index in [0.717, 1.165) is 17.0 Å². The predicted molar refractivity (Wildman–Crippen MR) is 89.9 cm³/mol. The van der Waals surface area contributed by atoms with Crippen molar-refractivity contribution >= 4 is 28.9 Å². The lowest BCUT2D eigenvalue weighted by atomic mass is 10.1. The van der Waals surface area contributed by atoms with Gasteiger partial charge in [0.25, 0.3) is 23.2 Å². The van der Waals surface area contributed by atoms with E-state index in [-0.39, 0.29) is 34.9 Å². The molecule has 0 spiro atoms. The summed E-state index contributed by atoms with van der Waals surface area (Å²) >= 11 is 0. The summed E-state index contributed by atoms with van der Waals surface area (Å²) in [6.45, 7) is 1.40. The summed E-state index contributed by atoms with van der Waals surface area (Å²) in [4.78, 5) is 46.3. The molecule has 1 aliphatic heterocycles. The van der Waals surface area contributed by atoms with Crippen molar-refractivity contribution in [1.82, 2.24) is 4.90 Å². The van der Waals surface area contributed by atoms with Gasteiger partial charge in [0.05, 0.1) is 27.6 Å². The molecule has 132 valence electrons. The zero-order valence-electron chi connectivity index (χ0n) is 13.5. The van der Waals surface area contributed by atoms with Crippen LogP contribution >= 0.6 is 0 Å². The molecule has 0 aromatic heterocycles. The number of carbonyl (C=O) groups is 2. The van der Waals surface area contributed by atoms with Crippen molar-refractivity contribution in [2.24, 2.45) is 0 Å². The number of aryl methyl sites for hydroxylation is 1. The largest absolute Gasteiger partial charge is 0.362 e. The van der Waals surface area contributed by atoms with E-state index in [4.69, 9.17) is 0 Å². The Bertz CT molecular complexity index is 971. The quantitative estimate of drug-likeness (QED) is 0.494. The Morgan fingerprint density at radius 2 is 1.65 bits per heavy atom. The number of nitrogens with zero attached hydrogens (tertiary/aromatic N) is 3. The molecule has 2 aromatic rings. The molecular formula is C16H12N4O6. The highest BCUT2D eigenvalue weighted by Gasteiger charge is 2.36. The van der Waals surface area contributed by atoms with Crippen molar-refractivity contribution in [2.75, 3.05) is 12.0 Å². The van der Waals surface area contributed by atoms with E-state index in [9.17, 15) is 29.8 Å². The first-order valence-electron chi connectivity index (χ1n) is 7.43. The summed E-state index contributed by atoms with van der Waals surface area (Å²) in [5.74, 6) is -1.32. The third-order valence-corrected chi connectivity index (χ3v) is 3.94. The number of nitro groups is 2. The zero-order chi connectivity index (χ0) is 19.0. The van der Waals surface area contributed by atoms with Crippen molar-refractivity contribution in [3.8, 4) is 0 Å². The molecule has 3 rings (SSSR count). The number of rotatable bonds is 5. The number of fused-ring (bicyclic) bond motifs is 1. The summed E-state index contributed by atoms with van der Waals surface area (Å²) in [6, 6.07) is 7.92. The summed E-state index contributed by atoms with van der Waals surface area (Å²) in [7, 11) is 0. The lowest BCUT2D eigenvalue weighted by Gasteiger charge is -2.15. The third-order valence-electron chi connectivity index (χ3n) is 3.94. The van der Waals surface area contributed by atoms with Gasteiger partial charge in [-0.2, -0.15) is 0 Å². The molecule has 0 saturated carbocycles. The molecule has 10 nitrogen and oxygen atoms in total. The van der Waals surface area contributed by atoms with Gasteiger partial charge in [-0.1, -0.05) is 6.07 Å². The Morgan fingerprint density at radius 3 is 2.31 bits per heavy atom. The maximum atomic E-state index is 12.4. The second-order valence-corrected chi connectivity index (χ2v) is 5.64. The lowest BCUT2D eigenvalue weighted by Crippen LogP contribution is -2.34. The van der Waals surface area contributed by atoms with E-state index < -0.39 is 21.7 Å². The van der Waals surface area contributed by atoms with Crippen LogP contribution in [0.4, 0.5) is 17.1 Å². The minimum atomic E-state index is -0.698. The highest BCUT2D eigenvalue weighted by atomic mass is 16.6. The minimum Gasteiger partial charge on any atom is -0.362 e. The van der Waals surface area contributed by atoms with Gasteiger partial charge in [-0.15, -0.1) is 0 Å². The molecule has 1 N–H and O–H groups in total. The van der Waals surface area contributed by atoms with Gasteiger partial charge in [-0.05, 0) is 24.6 Å². The van der Waals surface area contributed by atoms with Crippen LogP contribution in [0.3, 0.4) is 0 Å². The van der Waals surface area contributed by atoms with E-state index in [1.807, 2.05) is 0 Å². The number of anilines is 1. The van der Waals surface area contributed by atoms with Crippen molar-refractivity contribution in [1.29, 1.82) is 0 Å². The smallest absolute Gasteiger partial charge is 0.292 e. The van der Waals surface area contributed by atoms with Crippen LogP contribution in [-0.2, 0) is 0 Å². The number of carbonyl (C=O) groups excluding carboxylic acids is 2. The first-order valence-corrected chi connectivity index (χ1v) is 7.43. The Morgan fingerprint density at radius 1 is 0.962 bits per heavy atom. The Labute approximate surface area is 146 Å². The number of benzene rings is 2. The maximum absolute atomic E-state index is 12.4. The SMILES string of the molecule is Cc1ccc(NCN2C(=O)c3ccc([N+](=O)[O-])cc3C2=O)c([N+](=O)[O-])c1. The summed E-state index contributed by atoms with van der Waals surface area (Å²) in [5.41, 5.74) is 0.356. The molecule has 1 aliphatic rings. The molecular weight excluding hydrogens is 344 g/mol. The fourth-order valence-electron chi connectivity index (χ4n) is 2.64. The molecule has 26 heavy (non-hydrogen) atoms.